The van der Waals surface area contributed by atoms with Crippen LogP contribution in [-0.4, -0.2) is 0 Å². The van der Waals surface area contributed by atoms with Crippen molar-refractivity contribution in [2.75, 3.05) is 4.90 Å². The Labute approximate surface area is 275 Å². The number of rotatable bonds is 4. The Hall–Kier alpha value is -5.90. The van der Waals surface area contributed by atoms with Gasteiger partial charge in [0.15, 0.2) is 5.58 Å². The topological polar surface area (TPSA) is 16.4 Å². The van der Waals surface area contributed by atoms with Crippen LogP contribution in [0, 0.1) is 0 Å². The first-order valence-electron chi connectivity index (χ1n) is 15.9. The normalized spacial score (nSPS) is 11.8. The van der Waals surface area contributed by atoms with E-state index in [-0.39, 0.29) is 0 Å². The molecule has 0 saturated carbocycles. The van der Waals surface area contributed by atoms with E-state index in [9.17, 15) is 0 Å². The first-order chi connectivity index (χ1) is 23.3. The summed E-state index contributed by atoms with van der Waals surface area (Å²) >= 11 is 1.84. The fourth-order valence-electron chi connectivity index (χ4n) is 7.30. The van der Waals surface area contributed by atoms with Gasteiger partial charge >= 0.3 is 0 Å². The number of nitrogens with zero attached hydrogens (tertiary/aromatic N) is 1. The zero-order chi connectivity index (χ0) is 30.9. The van der Waals surface area contributed by atoms with E-state index >= 15 is 0 Å². The first kappa shape index (κ1) is 26.3. The SMILES string of the molecule is c1ccc2c(-c3ccc(N(c4cccc5c4oc4c6ccccc6ccc54)c4cccc5sc6ccccc6c45)cc3)cccc2c1. The van der Waals surface area contributed by atoms with E-state index in [2.05, 4.69) is 169 Å². The molecule has 2 heterocycles. The van der Waals surface area contributed by atoms with Crippen LogP contribution in [0.3, 0.4) is 0 Å². The van der Waals surface area contributed by atoms with Gasteiger partial charge < -0.3 is 9.32 Å². The van der Waals surface area contributed by atoms with E-state index in [0.717, 1.165) is 44.4 Å². The van der Waals surface area contributed by atoms with Crippen LogP contribution in [0.5, 0.6) is 0 Å². The average molecular weight is 618 g/mol. The summed E-state index contributed by atoms with van der Waals surface area (Å²) < 4.78 is 9.46. The average Bonchev–Trinajstić information content (AvgIpc) is 3.72. The summed E-state index contributed by atoms with van der Waals surface area (Å²) in [5.41, 5.74) is 7.47. The zero-order valence-corrected chi connectivity index (χ0v) is 26.2. The highest BCUT2D eigenvalue weighted by Gasteiger charge is 2.23. The molecule has 0 bridgehead atoms. The van der Waals surface area contributed by atoms with Gasteiger partial charge in [-0.1, -0.05) is 121 Å². The molecule has 0 fully saturated rings. The van der Waals surface area contributed by atoms with Gasteiger partial charge in [0.05, 0.1) is 11.4 Å². The number of furan rings is 1. The Morgan fingerprint density at radius 2 is 1.02 bits per heavy atom. The molecule has 47 heavy (non-hydrogen) atoms. The second-order valence-electron chi connectivity index (χ2n) is 12.1. The molecule has 0 saturated heterocycles. The molecule has 0 spiro atoms. The fraction of sp³-hybridized carbons (Fsp3) is 0. The second kappa shape index (κ2) is 10.3. The van der Waals surface area contributed by atoms with Gasteiger partial charge in [0.1, 0.15) is 5.58 Å². The molecule has 8 aromatic carbocycles. The molecule has 0 N–H and O–H groups in total. The molecule has 0 amide bonds. The van der Waals surface area contributed by atoms with Crippen LogP contribution < -0.4 is 4.90 Å². The third-order valence-electron chi connectivity index (χ3n) is 9.46. The van der Waals surface area contributed by atoms with Crippen molar-refractivity contribution in [3.63, 3.8) is 0 Å². The molecule has 3 heteroatoms. The quantitative estimate of drug-likeness (QED) is 0.195. The van der Waals surface area contributed by atoms with Crippen molar-refractivity contribution in [3.05, 3.63) is 164 Å². The predicted molar refractivity (Wildman–Crippen MR) is 202 cm³/mol. The molecule has 0 aliphatic carbocycles. The highest BCUT2D eigenvalue weighted by Crippen LogP contribution is 2.48. The third kappa shape index (κ3) is 4.04. The number of thiophene rings is 1. The lowest BCUT2D eigenvalue weighted by Crippen LogP contribution is -2.10. The van der Waals surface area contributed by atoms with Crippen LogP contribution in [0.2, 0.25) is 0 Å². The van der Waals surface area contributed by atoms with Crippen LogP contribution in [0.4, 0.5) is 17.1 Å². The van der Waals surface area contributed by atoms with Crippen LogP contribution in [0.25, 0.3) is 74.8 Å². The summed E-state index contributed by atoms with van der Waals surface area (Å²) in [5.74, 6) is 0. The van der Waals surface area contributed by atoms with Crippen molar-refractivity contribution in [1.82, 2.24) is 0 Å². The van der Waals surface area contributed by atoms with Crippen LogP contribution in [0.1, 0.15) is 0 Å². The molecule has 0 atom stereocenters. The molecular weight excluding hydrogens is 591 g/mol. The maximum atomic E-state index is 6.90. The van der Waals surface area contributed by atoms with Crippen LogP contribution >= 0.6 is 11.3 Å². The van der Waals surface area contributed by atoms with E-state index in [4.69, 9.17) is 4.42 Å². The Balaban J connectivity index is 1.24. The molecule has 0 radical (unpaired) electrons. The maximum Gasteiger partial charge on any atom is 0.159 e. The summed E-state index contributed by atoms with van der Waals surface area (Å²) in [6, 6.07) is 58.9. The third-order valence-corrected chi connectivity index (χ3v) is 10.6. The lowest BCUT2D eigenvalue weighted by Gasteiger charge is -2.26. The minimum absolute atomic E-state index is 0.883. The van der Waals surface area contributed by atoms with Crippen LogP contribution in [0.15, 0.2) is 168 Å². The number of hydrogen-bond donors (Lipinski definition) is 0. The van der Waals surface area contributed by atoms with Gasteiger partial charge in [-0.2, -0.15) is 0 Å². The number of para-hydroxylation sites is 1. The summed E-state index contributed by atoms with van der Waals surface area (Å²) in [5, 5.41) is 9.58. The highest BCUT2D eigenvalue weighted by molar-refractivity contribution is 7.26. The molecule has 10 aromatic rings. The molecule has 0 unspecified atom stereocenters. The van der Waals surface area contributed by atoms with Gasteiger partial charge in [-0.05, 0) is 69.8 Å². The standard InChI is InChI=1S/C44H27NOS/c1-3-13-32-28(10-1)12-7-16-33(32)30-22-25-31(26-23-30)45(38-18-9-21-41-42(38)37-15-5-6-20-40(37)47-41)39-19-8-17-35-36-27-24-29-11-2-4-14-34(29)43(36)46-44(35)39/h1-27H. The van der Waals surface area contributed by atoms with E-state index in [1.165, 1.54) is 47.5 Å². The minimum Gasteiger partial charge on any atom is -0.453 e. The molecule has 0 aliphatic heterocycles. The van der Waals surface area contributed by atoms with Crippen molar-refractivity contribution in [3.8, 4) is 11.1 Å². The number of hydrogen-bond acceptors (Lipinski definition) is 3. The maximum absolute atomic E-state index is 6.90. The molecule has 10 rings (SSSR count). The second-order valence-corrected chi connectivity index (χ2v) is 13.2. The zero-order valence-electron chi connectivity index (χ0n) is 25.4. The van der Waals surface area contributed by atoms with E-state index < -0.39 is 0 Å². The Kier molecular flexibility index (Phi) is 5.78. The largest absolute Gasteiger partial charge is 0.453 e. The molecule has 2 aromatic heterocycles. The lowest BCUT2D eigenvalue weighted by atomic mass is 9.98. The first-order valence-corrected chi connectivity index (χ1v) is 16.7. The van der Waals surface area contributed by atoms with Gasteiger partial charge in [-0.25, -0.2) is 0 Å². The highest BCUT2D eigenvalue weighted by atomic mass is 32.1. The van der Waals surface area contributed by atoms with Crippen molar-refractivity contribution in [1.29, 1.82) is 0 Å². The van der Waals surface area contributed by atoms with Crippen molar-refractivity contribution >= 4 is 92.1 Å². The van der Waals surface area contributed by atoms with E-state index in [1.54, 1.807) is 0 Å². The van der Waals surface area contributed by atoms with Gasteiger partial charge in [0.25, 0.3) is 0 Å². The van der Waals surface area contributed by atoms with E-state index in [1.807, 2.05) is 11.3 Å². The van der Waals surface area contributed by atoms with Crippen LogP contribution in [-0.2, 0) is 0 Å². The lowest BCUT2D eigenvalue weighted by molar-refractivity contribution is 0.673. The van der Waals surface area contributed by atoms with Gasteiger partial charge in [-0.3, -0.25) is 0 Å². The smallest absolute Gasteiger partial charge is 0.159 e. The number of benzene rings is 8. The number of fused-ring (bicyclic) bond motifs is 9. The molecule has 0 aliphatic rings. The van der Waals surface area contributed by atoms with Gasteiger partial charge in [-0.15, -0.1) is 11.3 Å². The molecular formula is C44H27NOS. The minimum atomic E-state index is 0.883. The molecule has 2 nitrogen and oxygen atoms in total. The predicted octanol–water partition coefficient (Wildman–Crippen LogP) is 13.4. The number of anilines is 3. The summed E-state index contributed by atoms with van der Waals surface area (Å²) in [6.07, 6.45) is 0. The van der Waals surface area contributed by atoms with Gasteiger partial charge in [0, 0.05) is 42.0 Å². The van der Waals surface area contributed by atoms with Gasteiger partial charge in [0.2, 0.25) is 0 Å². The summed E-state index contributed by atoms with van der Waals surface area (Å²) in [6.45, 7) is 0. The Morgan fingerprint density at radius 1 is 0.404 bits per heavy atom. The van der Waals surface area contributed by atoms with Crippen molar-refractivity contribution in [2.45, 2.75) is 0 Å². The van der Waals surface area contributed by atoms with Crippen molar-refractivity contribution < 1.29 is 4.42 Å². The monoisotopic (exact) mass is 617 g/mol. The Bertz CT molecular complexity index is 2800. The fourth-order valence-corrected chi connectivity index (χ4v) is 8.43. The Morgan fingerprint density at radius 3 is 1.89 bits per heavy atom. The van der Waals surface area contributed by atoms with Crippen molar-refractivity contribution in [2.24, 2.45) is 0 Å². The van der Waals surface area contributed by atoms with E-state index in [0.29, 0.717) is 0 Å². The molecule has 220 valence electrons. The summed E-state index contributed by atoms with van der Waals surface area (Å²) in [7, 11) is 0. The summed E-state index contributed by atoms with van der Waals surface area (Å²) in [4.78, 5) is 2.39.